The number of nitrogens with one attached hydrogen (secondary N) is 2. The van der Waals surface area contributed by atoms with Gasteiger partial charge in [-0.25, -0.2) is 19.3 Å². The fraction of sp³-hybridized carbons (Fsp3) is 0. The summed E-state index contributed by atoms with van der Waals surface area (Å²) in [5.41, 5.74) is 2.54. The Bertz CT molecular complexity index is 1400. The number of pyridine rings is 1. The van der Waals surface area contributed by atoms with Crippen LogP contribution in [0.2, 0.25) is 0 Å². The van der Waals surface area contributed by atoms with E-state index < -0.39 is 5.91 Å². The number of carbonyl (C=O) groups is 1. The van der Waals surface area contributed by atoms with Gasteiger partial charge in [-0.3, -0.25) is 4.79 Å². The molecule has 1 amide bonds. The molecule has 32 heavy (non-hydrogen) atoms. The van der Waals surface area contributed by atoms with Crippen molar-refractivity contribution in [1.82, 2.24) is 19.9 Å². The Morgan fingerprint density at radius 1 is 0.906 bits per heavy atom. The number of amides is 1. The number of anilines is 1. The highest BCUT2D eigenvalue weighted by atomic mass is 19.1. The van der Waals surface area contributed by atoms with Crippen molar-refractivity contribution in [2.24, 2.45) is 0 Å². The molecule has 0 aliphatic carbocycles. The molecule has 8 heteroatoms. The van der Waals surface area contributed by atoms with Crippen molar-refractivity contribution in [3.8, 4) is 22.8 Å². The van der Waals surface area contributed by atoms with Crippen LogP contribution < -0.4 is 10.1 Å². The van der Waals surface area contributed by atoms with Crippen molar-refractivity contribution in [1.29, 1.82) is 0 Å². The number of H-pyrrole nitrogens is 1. The summed E-state index contributed by atoms with van der Waals surface area (Å²) in [4.78, 5) is 28.2. The third-order valence-electron chi connectivity index (χ3n) is 4.76. The Morgan fingerprint density at radius 3 is 2.50 bits per heavy atom. The number of hydrogen-bond donors (Lipinski definition) is 2. The van der Waals surface area contributed by atoms with Crippen molar-refractivity contribution in [2.45, 2.75) is 0 Å². The summed E-state index contributed by atoms with van der Waals surface area (Å²) in [6.45, 7) is 0. The van der Waals surface area contributed by atoms with Crippen LogP contribution in [0.1, 0.15) is 10.6 Å². The maximum Gasteiger partial charge on any atom is 0.293 e. The highest BCUT2D eigenvalue weighted by Gasteiger charge is 2.12. The molecule has 0 saturated heterocycles. The number of hydrogen-bond acceptors (Lipinski definition) is 5. The van der Waals surface area contributed by atoms with Crippen LogP contribution in [0.25, 0.3) is 22.3 Å². The fourth-order valence-corrected chi connectivity index (χ4v) is 3.19. The van der Waals surface area contributed by atoms with Crippen LogP contribution in [0.15, 0.2) is 85.3 Å². The molecule has 5 rings (SSSR count). The lowest BCUT2D eigenvalue weighted by atomic mass is 10.1. The maximum absolute atomic E-state index is 13.1. The highest BCUT2D eigenvalue weighted by Crippen LogP contribution is 2.29. The summed E-state index contributed by atoms with van der Waals surface area (Å²) in [7, 11) is 0. The normalized spacial score (nSPS) is 10.8. The van der Waals surface area contributed by atoms with Crippen molar-refractivity contribution in [3.63, 3.8) is 0 Å². The minimum Gasteiger partial charge on any atom is -0.457 e. The number of halogens is 1. The molecule has 0 radical (unpaired) electrons. The molecule has 0 aliphatic heterocycles. The first-order valence-corrected chi connectivity index (χ1v) is 9.76. The second-order valence-electron chi connectivity index (χ2n) is 6.90. The number of ether oxygens (including phenoxy) is 1. The first kappa shape index (κ1) is 19.4. The van der Waals surface area contributed by atoms with Gasteiger partial charge >= 0.3 is 0 Å². The average Bonchev–Trinajstić information content (AvgIpc) is 3.31. The van der Waals surface area contributed by atoms with Gasteiger partial charge in [0, 0.05) is 29.8 Å². The molecule has 7 nitrogen and oxygen atoms in total. The first-order valence-electron chi connectivity index (χ1n) is 9.76. The van der Waals surface area contributed by atoms with Crippen LogP contribution in [0.5, 0.6) is 11.5 Å². The summed E-state index contributed by atoms with van der Waals surface area (Å²) in [5.74, 6) is 0.518. The topological polar surface area (TPSA) is 92.8 Å². The van der Waals surface area contributed by atoms with Crippen LogP contribution in [0, 0.1) is 5.82 Å². The van der Waals surface area contributed by atoms with Crippen LogP contribution in [0.3, 0.4) is 0 Å². The van der Waals surface area contributed by atoms with Crippen molar-refractivity contribution >= 4 is 22.6 Å². The largest absolute Gasteiger partial charge is 0.457 e. The number of aromatic amines is 1. The van der Waals surface area contributed by atoms with Crippen molar-refractivity contribution in [2.75, 3.05) is 5.32 Å². The van der Waals surface area contributed by atoms with Crippen molar-refractivity contribution in [3.05, 3.63) is 97.0 Å². The van der Waals surface area contributed by atoms with Gasteiger partial charge in [0.2, 0.25) is 5.82 Å². The molecule has 0 saturated carbocycles. The number of carbonyl (C=O) groups excluding carboxylic acids is 1. The molecule has 3 aromatic heterocycles. The van der Waals surface area contributed by atoms with E-state index in [0.29, 0.717) is 28.4 Å². The van der Waals surface area contributed by atoms with Gasteiger partial charge in [0.1, 0.15) is 23.0 Å². The molecule has 0 atom stereocenters. The SMILES string of the molecule is O=C(Nc1ccc(Oc2ccnc3[nH]ccc23)cc1)c1nccc(-c2ccc(F)cc2)n1. The molecule has 5 aromatic rings. The average molecular weight is 425 g/mol. The van der Waals surface area contributed by atoms with E-state index in [-0.39, 0.29) is 11.6 Å². The van der Waals surface area contributed by atoms with E-state index in [1.54, 1.807) is 60.9 Å². The van der Waals surface area contributed by atoms with Crippen LogP contribution in [-0.2, 0) is 0 Å². The second kappa shape index (κ2) is 8.27. The summed E-state index contributed by atoms with van der Waals surface area (Å²) in [6.07, 6.45) is 4.97. The first-order chi connectivity index (χ1) is 15.7. The standard InChI is InChI=1S/C24H16FN5O2/c25-16-3-1-15(2-4-16)20-10-13-28-23(30-20)24(31)29-17-5-7-18(8-6-17)32-21-11-14-27-22-19(21)9-12-26-22/h1-14H,(H,26,27)(H,29,31). The van der Waals surface area contributed by atoms with Gasteiger partial charge in [-0.15, -0.1) is 0 Å². The van der Waals surface area contributed by atoms with Gasteiger partial charge in [0.15, 0.2) is 0 Å². The molecule has 2 N–H and O–H groups in total. The van der Waals surface area contributed by atoms with Gasteiger partial charge < -0.3 is 15.0 Å². The number of benzene rings is 2. The molecule has 0 unspecified atom stereocenters. The zero-order valence-corrected chi connectivity index (χ0v) is 16.6. The predicted octanol–water partition coefficient (Wildman–Crippen LogP) is 5.20. The van der Waals surface area contributed by atoms with Gasteiger partial charge in [-0.1, -0.05) is 0 Å². The van der Waals surface area contributed by atoms with Crippen molar-refractivity contribution < 1.29 is 13.9 Å². The quantitative estimate of drug-likeness (QED) is 0.404. The van der Waals surface area contributed by atoms with E-state index in [1.807, 2.05) is 6.07 Å². The summed E-state index contributed by atoms with van der Waals surface area (Å²) in [5, 5.41) is 3.65. The molecule has 0 fully saturated rings. The molecule has 3 heterocycles. The highest BCUT2D eigenvalue weighted by molar-refractivity contribution is 6.01. The van der Waals surface area contributed by atoms with E-state index in [1.165, 1.54) is 18.3 Å². The summed E-state index contributed by atoms with van der Waals surface area (Å²) >= 11 is 0. The van der Waals surface area contributed by atoms with E-state index in [2.05, 4.69) is 25.3 Å². The van der Waals surface area contributed by atoms with Crippen LogP contribution in [-0.4, -0.2) is 25.8 Å². The third-order valence-corrected chi connectivity index (χ3v) is 4.76. The molecule has 0 bridgehead atoms. The molecule has 156 valence electrons. The Morgan fingerprint density at radius 2 is 1.69 bits per heavy atom. The van der Waals surface area contributed by atoms with E-state index in [9.17, 15) is 9.18 Å². The maximum atomic E-state index is 13.1. The van der Waals surface area contributed by atoms with Gasteiger partial charge in [0.25, 0.3) is 5.91 Å². The minimum atomic E-state index is -0.453. The Balaban J connectivity index is 1.29. The fourth-order valence-electron chi connectivity index (χ4n) is 3.19. The van der Waals surface area contributed by atoms with E-state index in [0.717, 1.165) is 11.0 Å². The second-order valence-corrected chi connectivity index (χ2v) is 6.90. The van der Waals surface area contributed by atoms with E-state index >= 15 is 0 Å². The molecule has 2 aromatic carbocycles. The predicted molar refractivity (Wildman–Crippen MR) is 118 cm³/mol. The smallest absolute Gasteiger partial charge is 0.293 e. The van der Waals surface area contributed by atoms with Crippen LogP contribution in [0.4, 0.5) is 10.1 Å². The third kappa shape index (κ3) is 4.01. The van der Waals surface area contributed by atoms with E-state index in [4.69, 9.17) is 4.74 Å². The Labute approximate surface area is 182 Å². The minimum absolute atomic E-state index is 0.0128. The molecular weight excluding hydrogens is 409 g/mol. The lowest BCUT2D eigenvalue weighted by Crippen LogP contribution is -2.15. The van der Waals surface area contributed by atoms with Crippen LogP contribution >= 0.6 is 0 Å². The number of rotatable bonds is 5. The van der Waals surface area contributed by atoms with Gasteiger partial charge in [0.05, 0.1) is 11.1 Å². The molecule has 0 aliphatic rings. The van der Waals surface area contributed by atoms with Gasteiger partial charge in [-0.2, -0.15) is 0 Å². The Hall–Kier alpha value is -4.59. The lowest BCUT2D eigenvalue weighted by Gasteiger charge is -2.09. The lowest BCUT2D eigenvalue weighted by molar-refractivity contribution is 0.101. The Kier molecular flexibility index (Phi) is 5.01. The molecule has 0 spiro atoms. The summed E-state index contributed by atoms with van der Waals surface area (Å²) in [6, 6.07) is 18.2. The molecular formula is C24H16FN5O2. The number of fused-ring (bicyclic) bond motifs is 1. The summed E-state index contributed by atoms with van der Waals surface area (Å²) < 4.78 is 19.1. The number of nitrogens with zero attached hydrogens (tertiary/aromatic N) is 3. The zero-order valence-electron chi connectivity index (χ0n) is 16.6. The van der Waals surface area contributed by atoms with Gasteiger partial charge in [-0.05, 0) is 66.7 Å². The zero-order chi connectivity index (χ0) is 21.9. The number of aromatic nitrogens is 4. The monoisotopic (exact) mass is 425 g/mol.